The zero-order valence-corrected chi connectivity index (χ0v) is 16.0. The Morgan fingerprint density at radius 3 is 2.62 bits per heavy atom. The summed E-state index contributed by atoms with van der Waals surface area (Å²) in [5.74, 6) is -1.52. The fourth-order valence-corrected chi connectivity index (χ4v) is 4.12. The first kappa shape index (κ1) is 19.1. The molecule has 0 aliphatic carbocycles. The van der Waals surface area contributed by atoms with Crippen LogP contribution in [0.5, 0.6) is 0 Å². The van der Waals surface area contributed by atoms with Crippen molar-refractivity contribution in [2.45, 2.75) is 25.5 Å². The van der Waals surface area contributed by atoms with Crippen LogP contribution in [0.15, 0.2) is 48.5 Å². The van der Waals surface area contributed by atoms with Gasteiger partial charge in [-0.15, -0.1) is 0 Å². The highest BCUT2D eigenvalue weighted by Gasteiger charge is 2.41. The maximum absolute atomic E-state index is 14.2. The van der Waals surface area contributed by atoms with Gasteiger partial charge in [-0.05, 0) is 23.6 Å². The molecule has 2 aliphatic heterocycles. The van der Waals surface area contributed by atoms with Crippen molar-refractivity contribution in [3.05, 3.63) is 71.0 Å². The monoisotopic (exact) mass is 396 g/mol. The predicted octanol–water partition coefficient (Wildman–Crippen LogP) is 2.40. The Labute approximate surface area is 167 Å². The topological polar surface area (TPSA) is 66.9 Å². The number of piperazine rings is 1. The normalized spacial score (nSPS) is 19.2. The van der Waals surface area contributed by atoms with Crippen LogP contribution in [0.1, 0.15) is 35.8 Å². The molecule has 0 N–H and O–H groups in total. The molecule has 2 aromatic carbocycles. The van der Waals surface area contributed by atoms with Crippen molar-refractivity contribution in [3.63, 3.8) is 0 Å². The molecule has 150 valence electrons. The van der Waals surface area contributed by atoms with Crippen LogP contribution in [0.2, 0.25) is 0 Å². The Hall–Kier alpha value is -3.22. The first-order valence-corrected chi connectivity index (χ1v) is 9.53. The number of nitrogens with zero attached hydrogens (tertiary/aromatic N) is 2. The smallest absolute Gasteiger partial charge is 0.303 e. The van der Waals surface area contributed by atoms with Crippen LogP contribution in [-0.2, 0) is 25.5 Å². The standard InChI is InChI=1S/C22H21FN2O4/c1-14(26)29-21(15-6-3-2-4-7-15)22(28)24-12-19-17-8-5-9-18(23)16(17)10-11-25(19)20(27)13-24/h2-9,19,21H,10-13H2,1H3. The number of hydrogen-bond acceptors (Lipinski definition) is 4. The first-order chi connectivity index (χ1) is 14.0. The van der Waals surface area contributed by atoms with Crippen molar-refractivity contribution in [3.8, 4) is 0 Å². The van der Waals surface area contributed by atoms with Gasteiger partial charge in [0.15, 0.2) is 0 Å². The molecule has 2 atom stereocenters. The summed E-state index contributed by atoms with van der Waals surface area (Å²) in [4.78, 5) is 40.7. The number of carbonyl (C=O) groups excluding carboxylic acids is 3. The van der Waals surface area contributed by atoms with E-state index in [1.54, 1.807) is 47.4 Å². The Balaban J connectivity index is 1.64. The Morgan fingerprint density at radius 1 is 1.14 bits per heavy atom. The number of rotatable bonds is 3. The summed E-state index contributed by atoms with van der Waals surface area (Å²) in [5, 5.41) is 0. The molecule has 0 saturated carbocycles. The third-order valence-electron chi connectivity index (χ3n) is 5.45. The van der Waals surface area contributed by atoms with Crippen LogP contribution >= 0.6 is 0 Å². The van der Waals surface area contributed by atoms with Gasteiger partial charge in [0.25, 0.3) is 5.91 Å². The molecule has 2 heterocycles. The molecule has 7 heteroatoms. The first-order valence-electron chi connectivity index (χ1n) is 9.53. The summed E-state index contributed by atoms with van der Waals surface area (Å²) in [5.41, 5.74) is 1.86. The molecule has 2 amide bonds. The zero-order chi connectivity index (χ0) is 20.5. The molecule has 0 aromatic heterocycles. The Bertz CT molecular complexity index is 963. The van der Waals surface area contributed by atoms with Crippen molar-refractivity contribution in [2.24, 2.45) is 0 Å². The maximum Gasteiger partial charge on any atom is 0.303 e. The summed E-state index contributed by atoms with van der Waals surface area (Å²) in [6.07, 6.45) is -0.665. The van der Waals surface area contributed by atoms with Gasteiger partial charge < -0.3 is 14.5 Å². The third kappa shape index (κ3) is 3.60. The van der Waals surface area contributed by atoms with Crippen LogP contribution in [0, 0.1) is 5.82 Å². The molecule has 6 nitrogen and oxygen atoms in total. The van der Waals surface area contributed by atoms with Gasteiger partial charge in [-0.25, -0.2) is 4.39 Å². The van der Waals surface area contributed by atoms with Crippen LogP contribution in [0.25, 0.3) is 0 Å². The number of carbonyl (C=O) groups is 3. The molecule has 4 rings (SSSR count). The van der Waals surface area contributed by atoms with E-state index in [0.717, 1.165) is 5.56 Å². The van der Waals surface area contributed by atoms with Crippen molar-refractivity contribution >= 4 is 17.8 Å². The molecule has 0 spiro atoms. The van der Waals surface area contributed by atoms with Gasteiger partial charge in [0.2, 0.25) is 12.0 Å². The molecule has 2 aliphatic rings. The van der Waals surface area contributed by atoms with Gasteiger partial charge in [0.1, 0.15) is 5.82 Å². The molecule has 0 bridgehead atoms. The molecule has 2 unspecified atom stereocenters. The van der Waals surface area contributed by atoms with E-state index in [-0.39, 0.29) is 24.8 Å². The van der Waals surface area contributed by atoms with Crippen LogP contribution in [0.3, 0.4) is 0 Å². The fourth-order valence-electron chi connectivity index (χ4n) is 4.12. The maximum atomic E-state index is 14.2. The van der Waals surface area contributed by atoms with E-state index < -0.39 is 24.0 Å². The number of fused-ring (bicyclic) bond motifs is 3. The van der Waals surface area contributed by atoms with E-state index in [1.807, 2.05) is 0 Å². The zero-order valence-electron chi connectivity index (χ0n) is 16.0. The summed E-state index contributed by atoms with van der Waals surface area (Å²) in [6.45, 7) is 1.80. The van der Waals surface area contributed by atoms with Crippen molar-refractivity contribution in [1.29, 1.82) is 0 Å². The van der Waals surface area contributed by atoms with Crippen LogP contribution in [0.4, 0.5) is 4.39 Å². The van der Waals surface area contributed by atoms with Gasteiger partial charge in [-0.3, -0.25) is 14.4 Å². The summed E-state index contributed by atoms with van der Waals surface area (Å²) >= 11 is 0. The summed E-state index contributed by atoms with van der Waals surface area (Å²) in [6, 6.07) is 13.1. The average Bonchev–Trinajstić information content (AvgIpc) is 2.72. The van der Waals surface area contributed by atoms with Gasteiger partial charge in [0.05, 0.1) is 12.6 Å². The number of ether oxygens (including phenoxy) is 1. The SMILES string of the molecule is CC(=O)OC(C(=O)N1CC(=O)N2CCc3c(F)cccc3C2C1)c1ccccc1. The second kappa shape index (κ2) is 7.66. The summed E-state index contributed by atoms with van der Waals surface area (Å²) < 4.78 is 19.5. The van der Waals surface area contributed by atoms with Crippen molar-refractivity contribution in [1.82, 2.24) is 9.80 Å². The lowest BCUT2D eigenvalue weighted by atomic mass is 9.90. The minimum absolute atomic E-state index is 0.0927. The summed E-state index contributed by atoms with van der Waals surface area (Å²) in [7, 11) is 0. The quantitative estimate of drug-likeness (QED) is 0.748. The highest BCUT2D eigenvalue weighted by Crippen LogP contribution is 2.35. The lowest BCUT2D eigenvalue weighted by Crippen LogP contribution is -2.56. The van der Waals surface area contributed by atoms with E-state index in [9.17, 15) is 18.8 Å². The fraction of sp³-hybridized carbons (Fsp3) is 0.318. The Kier molecular flexibility index (Phi) is 5.05. The highest BCUT2D eigenvalue weighted by atomic mass is 19.1. The molecule has 1 fully saturated rings. The van der Waals surface area contributed by atoms with E-state index >= 15 is 0 Å². The molecule has 29 heavy (non-hydrogen) atoms. The van der Waals surface area contributed by atoms with Crippen LogP contribution in [-0.4, -0.2) is 47.2 Å². The van der Waals surface area contributed by atoms with Crippen molar-refractivity contribution in [2.75, 3.05) is 19.6 Å². The molecule has 0 radical (unpaired) electrons. The lowest BCUT2D eigenvalue weighted by molar-refractivity contribution is -0.163. The van der Waals surface area contributed by atoms with Crippen molar-refractivity contribution < 1.29 is 23.5 Å². The van der Waals surface area contributed by atoms with E-state index in [4.69, 9.17) is 4.74 Å². The number of esters is 1. The van der Waals surface area contributed by atoms with E-state index in [0.29, 0.717) is 24.1 Å². The van der Waals surface area contributed by atoms with E-state index in [2.05, 4.69) is 0 Å². The number of hydrogen-bond donors (Lipinski definition) is 0. The van der Waals surface area contributed by atoms with Crippen LogP contribution < -0.4 is 0 Å². The average molecular weight is 396 g/mol. The Morgan fingerprint density at radius 2 is 1.90 bits per heavy atom. The number of benzene rings is 2. The third-order valence-corrected chi connectivity index (χ3v) is 5.45. The second-order valence-corrected chi connectivity index (χ2v) is 7.28. The minimum atomic E-state index is -1.12. The van der Waals surface area contributed by atoms with Gasteiger partial charge in [-0.1, -0.05) is 42.5 Å². The molecule has 2 aromatic rings. The second-order valence-electron chi connectivity index (χ2n) is 7.28. The largest absolute Gasteiger partial charge is 0.447 e. The molecule has 1 saturated heterocycles. The van der Waals surface area contributed by atoms with Gasteiger partial charge in [-0.2, -0.15) is 0 Å². The lowest BCUT2D eigenvalue weighted by Gasteiger charge is -2.45. The predicted molar refractivity (Wildman–Crippen MR) is 102 cm³/mol. The van der Waals surface area contributed by atoms with Gasteiger partial charge in [0, 0.05) is 25.6 Å². The minimum Gasteiger partial charge on any atom is -0.447 e. The van der Waals surface area contributed by atoms with Gasteiger partial charge >= 0.3 is 5.97 Å². The van der Waals surface area contributed by atoms with E-state index in [1.165, 1.54) is 17.9 Å². The number of amides is 2. The highest BCUT2D eigenvalue weighted by molar-refractivity contribution is 5.90. The molecular formula is C22H21FN2O4. The molecular weight excluding hydrogens is 375 g/mol. The number of halogens is 1.